The number of nitrogens with zero attached hydrogens (tertiary/aromatic N) is 6. The van der Waals surface area contributed by atoms with Crippen LogP contribution in [0.1, 0.15) is 11.1 Å². The molecule has 8 nitrogen and oxygen atoms in total. The van der Waals surface area contributed by atoms with Crippen LogP contribution in [0.4, 0.5) is 0 Å². The summed E-state index contributed by atoms with van der Waals surface area (Å²) in [6.45, 7) is 0.324. The zero-order valence-corrected chi connectivity index (χ0v) is 18.2. The molecule has 8 heteroatoms. The fourth-order valence-corrected chi connectivity index (χ4v) is 3.52. The number of hydrogen-bond donors (Lipinski definition) is 1. The van der Waals surface area contributed by atoms with Crippen molar-refractivity contribution < 1.29 is 4.79 Å². The minimum atomic E-state index is -0.222. The Bertz CT molecular complexity index is 1410. The Morgan fingerprint density at radius 2 is 1.82 bits per heavy atom. The highest BCUT2D eigenvalue weighted by Gasteiger charge is 2.11. The van der Waals surface area contributed by atoms with Crippen molar-refractivity contribution in [3.8, 4) is 22.8 Å². The Morgan fingerprint density at radius 1 is 0.941 bits per heavy atom. The smallest absolute Gasteiger partial charge is 0.244 e. The first-order chi connectivity index (χ1) is 16.8. The van der Waals surface area contributed by atoms with Crippen molar-refractivity contribution in [2.45, 2.75) is 6.54 Å². The van der Waals surface area contributed by atoms with Gasteiger partial charge in [-0.15, -0.1) is 0 Å². The number of carbonyl (C=O) groups is 1. The SMILES string of the molecule is O=C(/C=C/c1cn(-c2ccccc2)nc1-c1cccnc1)NCc1cccnc1-n1cccn1. The van der Waals surface area contributed by atoms with Gasteiger partial charge in [0.05, 0.1) is 5.69 Å². The van der Waals surface area contributed by atoms with E-state index in [1.807, 2.05) is 73.1 Å². The van der Waals surface area contributed by atoms with Crippen molar-refractivity contribution >= 4 is 12.0 Å². The number of aromatic nitrogens is 6. The number of carbonyl (C=O) groups excluding carboxylic acids is 1. The lowest BCUT2D eigenvalue weighted by molar-refractivity contribution is -0.116. The number of hydrogen-bond acceptors (Lipinski definition) is 5. The van der Waals surface area contributed by atoms with Crippen molar-refractivity contribution in [3.63, 3.8) is 0 Å². The Labute approximate surface area is 196 Å². The van der Waals surface area contributed by atoms with Gasteiger partial charge in [-0.2, -0.15) is 10.2 Å². The van der Waals surface area contributed by atoms with E-state index in [0.29, 0.717) is 12.4 Å². The lowest BCUT2D eigenvalue weighted by atomic mass is 10.1. The molecule has 5 rings (SSSR count). The number of para-hydroxylation sites is 1. The Balaban J connectivity index is 1.36. The summed E-state index contributed by atoms with van der Waals surface area (Å²) in [4.78, 5) is 21.2. The van der Waals surface area contributed by atoms with Crippen LogP contribution >= 0.6 is 0 Å². The average molecular weight is 448 g/mol. The summed E-state index contributed by atoms with van der Waals surface area (Å²) >= 11 is 0. The molecular weight excluding hydrogens is 426 g/mol. The maximum Gasteiger partial charge on any atom is 0.244 e. The molecule has 0 fully saturated rings. The molecule has 0 radical (unpaired) electrons. The molecule has 5 aromatic rings. The quantitative estimate of drug-likeness (QED) is 0.383. The van der Waals surface area contributed by atoms with Gasteiger partial charge in [-0.25, -0.2) is 14.3 Å². The van der Waals surface area contributed by atoms with E-state index < -0.39 is 0 Å². The molecule has 0 atom stereocenters. The molecule has 0 aliphatic rings. The number of nitrogens with one attached hydrogen (secondary N) is 1. The summed E-state index contributed by atoms with van der Waals surface area (Å²) < 4.78 is 3.47. The van der Waals surface area contributed by atoms with E-state index in [0.717, 1.165) is 28.1 Å². The molecule has 0 saturated carbocycles. The van der Waals surface area contributed by atoms with Gasteiger partial charge >= 0.3 is 0 Å². The van der Waals surface area contributed by atoms with Crippen LogP contribution < -0.4 is 5.32 Å². The van der Waals surface area contributed by atoms with Gasteiger partial charge in [0.2, 0.25) is 5.91 Å². The van der Waals surface area contributed by atoms with Crippen molar-refractivity contribution in [1.82, 2.24) is 34.8 Å². The molecular formula is C26H21N7O. The van der Waals surface area contributed by atoms with Crippen LogP contribution in [0.5, 0.6) is 0 Å². The maximum absolute atomic E-state index is 12.6. The van der Waals surface area contributed by atoms with Crippen molar-refractivity contribution in [2.75, 3.05) is 0 Å². The van der Waals surface area contributed by atoms with Gasteiger partial charge in [0.15, 0.2) is 5.82 Å². The lowest BCUT2D eigenvalue weighted by Gasteiger charge is -2.08. The molecule has 4 aromatic heterocycles. The Kier molecular flexibility index (Phi) is 6.02. The minimum Gasteiger partial charge on any atom is -0.348 e. The zero-order chi connectivity index (χ0) is 23.2. The fraction of sp³-hybridized carbons (Fsp3) is 0.0385. The summed E-state index contributed by atoms with van der Waals surface area (Å²) in [6, 6.07) is 19.2. The first-order valence-corrected chi connectivity index (χ1v) is 10.7. The van der Waals surface area contributed by atoms with Crippen LogP contribution in [-0.4, -0.2) is 35.4 Å². The standard InChI is InChI=1S/C26H21N7O/c34-24(29-18-21-8-5-14-28-26(21)32-16-6-15-30-32)12-11-22-19-33(23-9-2-1-3-10-23)31-25(22)20-7-4-13-27-17-20/h1-17,19H,18H2,(H,29,34)/b12-11+. The van der Waals surface area contributed by atoms with Crippen molar-refractivity contribution in [2.24, 2.45) is 0 Å². The van der Waals surface area contributed by atoms with Crippen LogP contribution in [0.2, 0.25) is 0 Å². The normalized spacial score (nSPS) is 11.1. The van der Waals surface area contributed by atoms with Crippen LogP contribution in [0.15, 0.2) is 104 Å². The van der Waals surface area contributed by atoms with Crippen LogP contribution in [0, 0.1) is 0 Å². The molecule has 1 aromatic carbocycles. The zero-order valence-electron chi connectivity index (χ0n) is 18.2. The molecule has 166 valence electrons. The summed E-state index contributed by atoms with van der Waals surface area (Å²) in [5.74, 6) is 0.458. The predicted octanol–water partition coefficient (Wildman–Crippen LogP) is 3.84. The summed E-state index contributed by atoms with van der Waals surface area (Å²) in [6.07, 6.45) is 13.9. The van der Waals surface area contributed by atoms with Gasteiger partial charge in [-0.05, 0) is 42.5 Å². The molecule has 4 heterocycles. The fourth-order valence-electron chi connectivity index (χ4n) is 3.52. The van der Waals surface area contributed by atoms with E-state index in [4.69, 9.17) is 5.10 Å². The van der Waals surface area contributed by atoms with Gasteiger partial charge in [0, 0.05) is 66.5 Å². The largest absolute Gasteiger partial charge is 0.348 e. The maximum atomic E-state index is 12.6. The highest BCUT2D eigenvalue weighted by Crippen LogP contribution is 2.24. The van der Waals surface area contributed by atoms with Gasteiger partial charge < -0.3 is 5.32 Å². The van der Waals surface area contributed by atoms with Gasteiger partial charge in [-0.3, -0.25) is 9.78 Å². The van der Waals surface area contributed by atoms with E-state index in [-0.39, 0.29) is 5.91 Å². The molecule has 1 amide bonds. The van der Waals surface area contributed by atoms with E-state index >= 15 is 0 Å². The monoisotopic (exact) mass is 447 g/mol. The molecule has 1 N–H and O–H groups in total. The average Bonchev–Trinajstić information content (AvgIpc) is 3.58. The minimum absolute atomic E-state index is 0.222. The van der Waals surface area contributed by atoms with E-state index in [1.54, 1.807) is 40.2 Å². The third-order valence-corrected chi connectivity index (χ3v) is 5.15. The number of benzene rings is 1. The topological polar surface area (TPSA) is 90.5 Å². The van der Waals surface area contributed by atoms with Crippen molar-refractivity contribution in [1.29, 1.82) is 0 Å². The van der Waals surface area contributed by atoms with Crippen LogP contribution in [-0.2, 0) is 11.3 Å². The predicted molar refractivity (Wildman–Crippen MR) is 129 cm³/mol. The third kappa shape index (κ3) is 4.66. The highest BCUT2D eigenvalue weighted by molar-refractivity contribution is 5.92. The molecule has 0 saturated heterocycles. The first-order valence-electron chi connectivity index (χ1n) is 10.7. The van der Waals surface area contributed by atoms with Crippen LogP contribution in [0.3, 0.4) is 0 Å². The molecule has 0 spiro atoms. The summed E-state index contributed by atoms with van der Waals surface area (Å²) in [7, 11) is 0. The second-order valence-electron chi connectivity index (χ2n) is 7.44. The summed E-state index contributed by atoms with van der Waals surface area (Å²) in [5, 5.41) is 11.9. The molecule has 0 unspecified atom stereocenters. The third-order valence-electron chi connectivity index (χ3n) is 5.15. The van der Waals surface area contributed by atoms with Crippen LogP contribution in [0.25, 0.3) is 28.8 Å². The van der Waals surface area contributed by atoms with E-state index in [1.165, 1.54) is 6.08 Å². The molecule has 0 aliphatic carbocycles. The number of rotatable bonds is 7. The van der Waals surface area contributed by atoms with E-state index in [9.17, 15) is 4.79 Å². The molecule has 0 aliphatic heterocycles. The van der Waals surface area contributed by atoms with Gasteiger partial charge in [-0.1, -0.05) is 24.3 Å². The van der Waals surface area contributed by atoms with E-state index in [2.05, 4.69) is 20.4 Å². The first kappa shape index (κ1) is 21.0. The Hall–Kier alpha value is -4.85. The molecule has 34 heavy (non-hydrogen) atoms. The number of amides is 1. The Morgan fingerprint density at radius 3 is 2.62 bits per heavy atom. The molecule has 0 bridgehead atoms. The second-order valence-corrected chi connectivity index (χ2v) is 7.44. The summed E-state index contributed by atoms with van der Waals surface area (Å²) in [5.41, 5.74) is 4.22. The van der Waals surface area contributed by atoms with Crippen molar-refractivity contribution in [3.05, 3.63) is 115 Å². The highest BCUT2D eigenvalue weighted by atomic mass is 16.1. The van der Waals surface area contributed by atoms with Gasteiger partial charge in [0.25, 0.3) is 0 Å². The van der Waals surface area contributed by atoms with Gasteiger partial charge in [0.1, 0.15) is 5.69 Å². The number of pyridine rings is 2. The second kappa shape index (κ2) is 9.74. The lowest BCUT2D eigenvalue weighted by Crippen LogP contribution is -2.21.